The summed E-state index contributed by atoms with van der Waals surface area (Å²) in [5.41, 5.74) is 2.01. The summed E-state index contributed by atoms with van der Waals surface area (Å²) >= 11 is 5.43. The fourth-order valence-corrected chi connectivity index (χ4v) is 1.34. The van der Waals surface area contributed by atoms with Crippen LogP contribution in [0.5, 0.6) is 5.75 Å². The molecule has 0 atom stereocenters. The lowest BCUT2D eigenvalue weighted by Gasteiger charge is -2.06. The highest BCUT2D eigenvalue weighted by Gasteiger charge is 2.04. The van der Waals surface area contributed by atoms with Crippen LogP contribution in [0, 0.1) is 6.92 Å². The molecule has 2 nitrogen and oxygen atoms in total. The Labute approximate surface area is 88.8 Å². The van der Waals surface area contributed by atoms with Crippen molar-refractivity contribution in [3.63, 3.8) is 0 Å². The lowest BCUT2D eigenvalue weighted by Crippen LogP contribution is -2.04. The van der Waals surface area contributed by atoms with Crippen LogP contribution in [-0.2, 0) is 11.2 Å². The molecule has 1 aromatic carbocycles. The van der Waals surface area contributed by atoms with Gasteiger partial charge in [-0.05, 0) is 24.1 Å². The molecule has 0 aromatic heterocycles. The van der Waals surface area contributed by atoms with Crippen molar-refractivity contribution in [2.45, 2.75) is 13.3 Å². The zero-order valence-electron chi connectivity index (χ0n) is 8.34. The summed E-state index contributed by atoms with van der Waals surface area (Å²) in [6.07, 6.45) is 0.375. The summed E-state index contributed by atoms with van der Waals surface area (Å²) in [7, 11) is 1.62. The third-order valence-corrected chi connectivity index (χ3v) is 2.32. The number of carbonyl (C=O) groups excluding carboxylic acids is 1. The quantitative estimate of drug-likeness (QED) is 0.717. The molecule has 76 valence electrons. The average Bonchev–Trinajstić information content (AvgIpc) is 2.20. The Bertz CT molecular complexity index is 334. The van der Waals surface area contributed by atoms with Gasteiger partial charge in [0.1, 0.15) is 5.75 Å². The zero-order chi connectivity index (χ0) is 10.6. The number of ether oxygens (including phenoxy) is 1. The van der Waals surface area contributed by atoms with Crippen LogP contribution in [0.1, 0.15) is 11.1 Å². The fourth-order valence-electron chi connectivity index (χ4n) is 1.25. The standard InChI is InChI=1S/C11H13ClO2/c1-8-3-4-9(5-10(13)7-12)6-11(8)14-2/h3-4,6H,5,7H2,1-2H3. The molecule has 0 aliphatic carbocycles. The second kappa shape index (κ2) is 5.01. The van der Waals surface area contributed by atoms with Crippen LogP contribution in [0.15, 0.2) is 18.2 Å². The number of methoxy groups -OCH3 is 1. The molecule has 0 amide bonds. The van der Waals surface area contributed by atoms with Crippen molar-refractivity contribution in [3.8, 4) is 5.75 Å². The van der Waals surface area contributed by atoms with Gasteiger partial charge in [-0.3, -0.25) is 4.79 Å². The molecule has 0 fully saturated rings. The number of hydrogen-bond acceptors (Lipinski definition) is 2. The van der Waals surface area contributed by atoms with Crippen molar-refractivity contribution in [1.29, 1.82) is 0 Å². The summed E-state index contributed by atoms with van der Waals surface area (Å²) in [4.78, 5) is 11.1. The summed E-state index contributed by atoms with van der Waals surface area (Å²) in [6, 6.07) is 5.73. The molecule has 0 aliphatic rings. The van der Waals surface area contributed by atoms with Gasteiger partial charge in [0, 0.05) is 6.42 Å². The van der Waals surface area contributed by atoms with Gasteiger partial charge in [-0.1, -0.05) is 12.1 Å². The minimum atomic E-state index is 0.0255. The van der Waals surface area contributed by atoms with Gasteiger partial charge >= 0.3 is 0 Å². The maximum atomic E-state index is 11.1. The molecule has 0 spiro atoms. The van der Waals surface area contributed by atoms with E-state index in [2.05, 4.69) is 0 Å². The maximum absolute atomic E-state index is 11.1. The summed E-state index contributed by atoms with van der Waals surface area (Å²) in [5.74, 6) is 0.901. The minimum Gasteiger partial charge on any atom is -0.496 e. The summed E-state index contributed by atoms with van der Waals surface area (Å²) in [5, 5.41) is 0. The van der Waals surface area contributed by atoms with E-state index in [1.165, 1.54) is 0 Å². The first-order chi connectivity index (χ1) is 6.67. The van der Waals surface area contributed by atoms with Gasteiger partial charge in [0.25, 0.3) is 0 Å². The van der Waals surface area contributed by atoms with E-state index in [-0.39, 0.29) is 11.7 Å². The normalized spacial score (nSPS) is 9.93. The zero-order valence-corrected chi connectivity index (χ0v) is 9.10. The van der Waals surface area contributed by atoms with E-state index in [1.54, 1.807) is 7.11 Å². The molecule has 0 N–H and O–H groups in total. The van der Waals surface area contributed by atoms with Crippen molar-refractivity contribution in [2.75, 3.05) is 13.0 Å². The maximum Gasteiger partial charge on any atom is 0.151 e. The monoisotopic (exact) mass is 212 g/mol. The van der Waals surface area contributed by atoms with Crippen molar-refractivity contribution < 1.29 is 9.53 Å². The van der Waals surface area contributed by atoms with Gasteiger partial charge in [-0.25, -0.2) is 0 Å². The molecule has 0 saturated carbocycles. The van der Waals surface area contributed by atoms with Gasteiger partial charge in [0.2, 0.25) is 0 Å². The number of carbonyl (C=O) groups is 1. The van der Waals surface area contributed by atoms with Crippen molar-refractivity contribution in [1.82, 2.24) is 0 Å². The first-order valence-electron chi connectivity index (χ1n) is 4.38. The van der Waals surface area contributed by atoms with Gasteiger partial charge in [-0.15, -0.1) is 11.6 Å². The molecule has 0 radical (unpaired) electrons. The smallest absolute Gasteiger partial charge is 0.151 e. The van der Waals surface area contributed by atoms with E-state index in [0.717, 1.165) is 16.9 Å². The van der Waals surface area contributed by atoms with E-state index in [0.29, 0.717) is 6.42 Å². The van der Waals surface area contributed by atoms with E-state index in [9.17, 15) is 4.79 Å². The Balaban J connectivity index is 2.84. The molecule has 0 saturated heterocycles. The SMILES string of the molecule is COc1cc(CC(=O)CCl)ccc1C. The molecule has 0 unspecified atom stereocenters. The Hall–Kier alpha value is -1.02. The van der Waals surface area contributed by atoms with E-state index in [4.69, 9.17) is 16.3 Å². The van der Waals surface area contributed by atoms with Crippen LogP contribution in [0.25, 0.3) is 0 Å². The molecular weight excluding hydrogens is 200 g/mol. The first kappa shape index (κ1) is 11.1. The van der Waals surface area contributed by atoms with Gasteiger partial charge in [0.05, 0.1) is 13.0 Å². The number of benzene rings is 1. The molecule has 0 heterocycles. The second-order valence-corrected chi connectivity index (χ2v) is 3.42. The van der Waals surface area contributed by atoms with Crippen LogP contribution < -0.4 is 4.74 Å². The number of ketones is 1. The molecule has 0 aliphatic heterocycles. The largest absolute Gasteiger partial charge is 0.496 e. The van der Waals surface area contributed by atoms with Crippen LogP contribution in [0.4, 0.5) is 0 Å². The van der Waals surface area contributed by atoms with E-state index >= 15 is 0 Å². The highest BCUT2D eigenvalue weighted by molar-refractivity contribution is 6.27. The number of aryl methyl sites for hydroxylation is 1. The van der Waals surface area contributed by atoms with Crippen molar-refractivity contribution >= 4 is 17.4 Å². The third-order valence-electron chi connectivity index (χ3n) is 2.02. The lowest BCUT2D eigenvalue weighted by molar-refractivity contribution is -0.116. The molecule has 1 aromatic rings. The third kappa shape index (κ3) is 2.74. The lowest BCUT2D eigenvalue weighted by atomic mass is 10.1. The first-order valence-corrected chi connectivity index (χ1v) is 4.92. The van der Waals surface area contributed by atoms with Crippen molar-refractivity contribution in [2.24, 2.45) is 0 Å². The van der Waals surface area contributed by atoms with Crippen molar-refractivity contribution in [3.05, 3.63) is 29.3 Å². The molecule has 14 heavy (non-hydrogen) atoms. The Morgan fingerprint density at radius 2 is 2.21 bits per heavy atom. The van der Waals surface area contributed by atoms with Crippen LogP contribution in [0.2, 0.25) is 0 Å². The number of Topliss-reactive ketones (excluding diaryl/α,β-unsaturated/α-hetero) is 1. The summed E-state index contributed by atoms with van der Waals surface area (Å²) < 4.78 is 5.16. The second-order valence-electron chi connectivity index (χ2n) is 3.15. The molecule has 0 bridgehead atoms. The Morgan fingerprint density at radius 1 is 1.50 bits per heavy atom. The summed E-state index contributed by atoms with van der Waals surface area (Å²) in [6.45, 7) is 1.96. The average molecular weight is 213 g/mol. The molecule has 1 rings (SSSR count). The minimum absolute atomic E-state index is 0.0255. The predicted molar refractivity (Wildman–Crippen MR) is 57.2 cm³/mol. The highest BCUT2D eigenvalue weighted by Crippen LogP contribution is 2.19. The number of rotatable bonds is 4. The van der Waals surface area contributed by atoms with Gasteiger partial charge < -0.3 is 4.74 Å². The molecule has 3 heteroatoms. The van der Waals surface area contributed by atoms with Gasteiger partial charge in [-0.2, -0.15) is 0 Å². The fraction of sp³-hybridized carbons (Fsp3) is 0.364. The Morgan fingerprint density at radius 3 is 2.79 bits per heavy atom. The van der Waals surface area contributed by atoms with Crippen LogP contribution in [0.3, 0.4) is 0 Å². The topological polar surface area (TPSA) is 26.3 Å². The molecular formula is C11H13ClO2. The van der Waals surface area contributed by atoms with E-state index < -0.39 is 0 Å². The Kier molecular flexibility index (Phi) is 3.96. The predicted octanol–water partition coefficient (Wildman–Crippen LogP) is 2.35. The van der Waals surface area contributed by atoms with Crippen LogP contribution >= 0.6 is 11.6 Å². The van der Waals surface area contributed by atoms with Crippen LogP contribution in [-0.4, -0.2) is 18.8 Å². The highest BCUT2D eigenvalue weighted by atomic mass is 35.5. The number of hydrogen-bond donors (Lipinski definition) is 0. The van der Waals surface area contributed by atoms with Gasteiger partial charge in [0.15, 0.2) is 5.78 Å². The number of halogens is 1. The number of alkyl halides is 1. The van der Waals surface area contributed by atoms with E-state index in [1.807, 2.05) is 25.1 Å².